The van der Waals surface area contributed by atoms with Crippen LogP contribution in [0, 0.1) is 5.92 Å². The third kappa shape index (κ3) is 8.40. The zero-order valence-electron chi connectivity index (χ0n) is 18.3. The van der Waals surface area contributed by atoms with Gasteiger partial charge in [-0.1, -0.05) is 20.8 Å². The van der Waals surface area contributed by atoms with Crippen molar-refractivity contribution in [1.82, 2.24) is 4.90 Å². The number of hydrogen-bond donors (Lipinski definition) is 0. The van der Waals surface area contributed by atoms with Crippen molar-refractivity contribution in [1.29, 1.82) is 0 Å². The Morgan fingerprint density at radius 3 is 2.12 bits per heavy atom. The zero-order valence-corrected chi connectivity index (χ0v) is 19.3. The summed E-state index contributed by atoms with van der Waals surface area (Å²) >= 11 is 0. The van der Waals surface area contributed by atoms with Crippen molar-refractivity contribution in [2.45, 2.75) is 84.5 Å². The Kier molecular flexibility index (Phi) is 8.62. The number of nitrogens with zero attached hydrogens (tertiary/aromatic N) is 1. The molecule has 0 atom stereocenters. The van der Waals surface area contributed by atoms with Gasteiger partial charge in [-0.3, -0.25) is 0 Å². The molecule has 0 aliphatic carbocycles. The van der Waals surface area contributed by atoms with Crippen molar-refractivity contribution in [3.8, 4) is 0 Å². The van der Waals surface area contributed by atoms with Gasteiger partial charge in [-0.05, 0) is 64.1 Å². The second kappa shape index (κ2) is 9.56. The van der Waals surface area contributed by atoms with Gasteiger partial charge in [-0.25, -0.2) is 4.79 Å². The lowest BCUT2D eigenvalue weighted by Crippen LogP contribution is -2.42. The second-order valence-electron chi connectivity index (χ2n) is 9.95. The van der Waals surface area contributed by atoms with Crippen molar-refractivity contribution in [3.63, 3.8) is 0 Å². The van der Waals surface area contributed by atoms with Crippen LogP contribution in [0.3, 0.4) is 0 Å². The maximum Gasteiger partial charge on any atom is 0.410 e. The molecule has 0 N–H and O–H groups in total. The van der Waals surface area contributed by atoms with Crippen LogP contribution >= 0.6 is 0 Å². The minimum absolute atomic E-state index is 0.195. The lowest BCUT2D eigenvalue weighted by atomic mass is 9.98. The number of carbonyl (C=O) groups is 1. The smallest absolute Gasteiger partial charge is 0.410 e. The first-order chi connectivity index (χ1) is 11.8. The molecule has 0 bridgehead atoms. The van der Waals surface area contributed by atoms with Gasteiger partial charge in [0, 0.05) is 32.9 Å². The fourth-order valence-corrected chi connectivity index (χ4v) is 3.65. The summed E-state index contributed by atoms with van der Waals surface area (Å²) in [4.78, 5) is 13.9. The summed E-state index contributed by atoms with van der Waals surface area (Å²) in [6, 6.07) is 0. The minimum atomic E-state index is -1.64. The summed E-state index contributed by atoms with van der Waals surface area (Å²) < 4.78 is 17.5. The molecule has 0 aromatic rings. The molecule has 0 aromatic carbocycles. The summed E-state index contributed by atoms with van der Waals surface area (Å²) in [6.07, 6.45) is 2.72. The Balaban J connectivity index is 2.13. The summed E-state index contributed by atoms with van der Waals surface area (Å²) in [5.74, 6) is 0.537. The van der Waals surface area contributed by atoms with Crippen LogP contribution in [0.1, 0.15) is 60.8 Å². The molecule has 1 saturated heterocycles. The molecule has 1 rings (SSSR count). The second-order valence-corrected chi connectivity index (χ2v) is 14.8. The Morgan fingerprint density at radius 2 is 1.62 bits per heavy atom. The van der Waals surface area contributed by atoms with E-state index in [0.29, 0.717) is 5.92 Å². The van der Waals surface area contributed by atoms with Crippen LogP contribution in [0.2, 0.25) is 18.1 Å². The molecule has 154 valence electrons. The highest BCUT2D eigenvalue weighted by molar-refractivity contribution is 6.74. The van der Waals surface area contributed by atoms with E-state index in [1.165, 1.54) is 0 Å². The van der Waals surface area contributed by atoms with Gasteiger partial charge in [0.1, 0.15) is 5.60 Å². The van der Waals surface area contributed by atoms with E-state index < -0.39 is 13.9 Å². The maximum atomic E-state index is 12.1. The number of ether oxygens (including phenoxy) is 2. The summed E-state index contributed by atoms with van der Waals surface area (Å²) in [5, 5.41) is 0.260. The standard InChI is InChI=1S/C20H41NO4Si/c1-19(2,3)25-18(22)21-12-10-17(11-13-21)16-23-14-9-15-24-26(7,8)20(4,5)6/h17H,9-16H2,1-8H3. The summed E-state index contributed by atoms with van der Waals surface area (Å²) in [7, 11) is -1.64. The highest BCUT2D eigenvalue weighted by Gasteiger charge is 2.36. The van der Waals surface area contributed by atoms with Gasteiger partial charge in [-0.2, -0.15) is 0 Å². The van der Waals surface area contributed by atoms with Crippen molar-refractivity contribution >= 4 is 14.4 Å². The predicted molar refractivity (Wildman–Crippen MR) is 109 cm³/mol. The molecule has 1 heterocycles. The van der Waals surface area contributed by atoms with Crippen molar-refractivity contribution in [2.75, 3.05) is 32.9 Å². The molecule has 0 radical (unpaired) electrons. The fourth-order valence-electron chi connectivity index (χ4n) is 2.56. The van der Waals surface area contributed by atoms with E-state index in [1.54, 1.807) is 0 Å². The molecule has 1 aliphatic heterocycles. The first-order valence-corrected chi connectivity index (χ1v) is 12.9. The van der Waals surface area contributed by atoms with E-state index >= 15 is 0 Å². The molecule has 5 nitrogen and oxygen atoms in total. The molecular weight excluding hydrogens is 346 g/mol. The Bertz CT molecular complexity index is 432. The highest BCUT2D eigenvalue weighted by Crippen LogP contribution is 2.36. The molecule has 26 heavy (non-hydrogen) atoms. The lowest BCUT2D eigenvalue weighted by Gasteiger charge is -2.36. The molecule has 1 amide bonds. The molecule has 0 unspecified atom stereocenters. The molecule has 0 spiro atoms. The van der Waals surface area contributed by atoms with Crippen LogP contribution in [0.15, 0.2) is 0 Å². The maximum absolute atomic E-state index is 12.1. The quantitative estimate of drug-likeness (QED) is 0.452. The van der Waals surface area contributed by atoms with E-state index in [-0.39, 0.29) is 11.1 Å². The lowest BCUT2D eigenvalue weighted by molar-refractivity contribution is 0.0111. The van der Waals surface area contributed by atoms with Gasteiger partial charge in [0.2, 0.25) is 0 Å². The molecular formula is C20H41NO4Si. The van der Waals surface area contributed by atoms with Crippen LogP contribution in [-0.4, -0.2) is 57.8 Å². The normalized spacial score (nSPS) is 17.5. The molecule has 1 fully saturated rings. The average Bonchev–Trinajstić information content (AvgIpc) is 2.48. The molecule has 0 saturated carbocycles. The van der Waals surface area contributed by atoms with E-state index in [9.17, 15) is 4.79 Å². The monoisotopic (exact) mass is 387 g/mol. The van der Waals surface area contributed by atoms with E-state index in [2.05, 4.69) is 33.9 Å². The van der Waals surface area contributed by atoms with Crippen LogP contribution in [0.5, 0.6) is 0 Å². The zero-order chi connectivity index (χ0) is 20.0. The Morgan fingerprint density at radius 1 is 1.04 bits per heavy atom. The van der Waals surface area contributed by atoms with Crippen LogP contribution < -0.4 is 0 Å². The first-order valence-electron chi connectivity index (χ1n) is 10.0. The number of piperidine rings is 1. The van der Waals surface area contributed by atoms with Crippen molar-refractivity contribution in [2.24, 2.45) is 5.92 Å². The average molecular weight is 388 g/mol. The number of hydrogen-bond acceptors (Lipinski definition) is 4. The van der Waals surface area contributed by atoms with Gasteiger partial charge in [0.15, 0.2) is 8.32 Å². The molecule has 1 aliphatic rings. The highest BCUT2D eigenvalue weighted by atomic mass is 28.4. The van der Waals surface area contributed by atoms with Gasteiger partial charge in [0.05, 0.1) is 0 Å². The van der Waals surface area contributed by atoms with E-state index in [4.69, 9.17) is 13.9 Å². The van der Waals surface area contributed by atoms with Crippen LogP contribution in [0.25, 0.3) is 0 Å². The number of carbonyl (C=O) groups excluding carboxylic acids is 1. The fraction of sp³-hybridized carbons (Fsp3) is 0.950. The third-order valence-electron chi connectivity index (χ3n) is 5.32. The van der Waals surface area contributed by atoms with Gasteiger partial charge in [0.25, 0.3) is 0 Å². The SMILES string of the molecule is CC(C)(C)OC(=O)N1CCC(COCCCO[Si](C)(C)C(C)(C)C)CC1. The number of likely N-dealkylation sites (tertiary alicyclic amines) is 1. The third-order valence-corrected chi connectivity index (χ3v) is 9.86. The number of amides is 1. The van der Waals surface area contributed by atoms with Crippen LogP contribution in [0.4, 0.5) is 4.79 Å². The van der Waals surface area contributed by atoms with E-state index in [0.717, 1.165) is 52.2 Å². The Labute approximate surface area is 161 Å². The van der Waals surface area contributed by atoms with Crippen molar-refractivity contribution < 1.29 is 18.7 Å². The minimum Gasteiger partial charge on any atom is -0.444 e. The predicted octanol–water partition coefficient (Wildman–Crippen LogP) is 5.06. The van der Waals surface area contributed by atoms with Crippen LogP contribution in [-0.2, 0) is 13.9 Å². The topological polar surface area (TPSA) is 48.0 Å². The molecule has 0 aromatic heterocycles. The summed E-state index contributed by atoms with van der Waals surface area (Å²) in [5.41, 5.74) is -0.427. The molecule has 6 heteroatoms. The largest absolute Gasteiger partial charge is 0.444 e. The summed E-state index contributed by atoms with van der Waals surface area (Å²) in [6.45, 7) is 20.9. The Hall–Kier alpha value is -0.593. The van der Waals surface area contributed by atoms with E-state index in [1.807, 2.05) is 25.7 Å². The van der Waals surface area contributed by atoms with Gasteiger partial charge < -0.3 is 18.8 Å². The number of rotatable bonds is 7. The van der Waals surface area contributed by atoms with Gasteiger partial charge in [-0.15, -0.1) is 0 Å². The first kappa shape index (κ1) is 23.4. The van der Waals surface area contributed by atoms with Crippen molar-refractivity contribution in [3.05, 3.63) is 0 Å². The van der Waals surface area contributed by atoms with Gasteiger partial charge >= 0.3 is 6.09 Å².